The second-order valence-corrected chi connectivity index (χ2v) is 10.4. The van der Waals surface area contributed by atoms with E-state index in [-0.39, 0.29) is 10.8 Å². The zero-order chi connectivity index (χ0) is 20.3. The van der Waals surface area contributed by atoms with Crippen LogP contribution in [0.25, 0.3) is 0 Å². The minimum absolute atomic E-state index is 0.144. The summed E-state index contributed by atoms with van der Waals surface area (Å²) >= 11 is 3.19. The molecule has 0 radical (unpaired) electrons. The molecule has 1 aromatic carbocycles. The van der Waals surface area contributed by atoms with Gasteiger partial charge in [0.1, 0.15) is 0 Å². The minimum atomic E-state index is -3.65. The number of nitrogens with one attached hydrogen (secondary N) is 1. The minimum Gasteiger partial charge on any atom is -0.328 e. The number of amides is 1. The number of sulfonamides is 1. The predicted octanol–water partition coefficient (Wildman–Crippen LogP) is 4.18. The molecule has 0 unspecified atom stereocenters. The van der Waals surface area contributed by atoms with Crippen molar-refractivity contribution < 1.29 is 13.2 Å². The second kappa shape index (κ2) is 8.57. The van der Waals surface area contributed by atoms with E-state index in [0.717, 1.165) is 15.3 Å². The summed E-state index contributed by atoms with van der Waals surface area (Å²) in [5.74, 6) is -0.183. The molecule has 28 heavy (non-hydrogen) atoms. The van der Waals surface area contributed by atoms with Crippen molar-refractivity contribution in [3.05, 3.63) is 73.6 Å². The Bertz CT molecular complexity index is 1020. The smallest absolute Gasteiger partial charge is 0.254 e. The van der Waals surface area contributed by atoms with Crippen molar-refractivity contribution in [2.24, 2.45) is 0 Å². The Hall–Kier alpha value is -2.00. The van der Waals surface area contributed by atoms with E-state index in [4.69, 9.17) is 0 Å². The fourth-order valence-corrected chi connectivity index (χ4v) is 5.41. The molecule has 0 fully saturated rings. The van der Waals surface area contributed by atoms with Crippen molar-refractivity contribution in [3.63, 3.8) is 0 Å². The third-order valence-electron chi connectivity index (χ3n) is 4.57. The van der Waals surface area contributed by atoms with Crippen molar-refractivity contribution in [3.8, 4) is 0 Å². The highest BCUT2D eigenvalue weighted by Gasteiger charge is 2.23. The van der Waals surface area contributed by atoms with Gasteiger partial charge in [0.15, 0.2) is 0 Å². The lowest BCUT2D eigenvalue weighted by atomic mass is 10.1. The Morgan fingerprint density at radius 2 is 1.61 bits per heavy atom. The van der Waals surface area contributed by atoms with Crippen LogP contribution in [0.5, 0.6) is 0 Å². The van der Waals surface area contributed by atoms with Crippen LogP contribution < -0.4 is 4.72 Å². The van der Waals surface area contributed by atoms with Gasteiger partial charge in [0.2, 0.25) is 10.0 Å². The van der Waals surface area contributed by atoms with Gasteiger partial charge in [-0.3, -0.25) is 4.79 Å². The molecule has 0 spiro atoms. The van der Waals surface area contributed by atoms with Gasteiger partial charge in [0, 0.05) is 15.3 Å². The molecule has 0 aliphatic heterocycles. The maximum atomic E-state index is 13.3. The van der Waals surface area contributed by atoms with Crippen molar-refractivity contribution >= 4 is 38.6 Å². The molecule has 0 atom stereocenters. The maximum absolute atomic E-state index is 13.3. The first-order valence-electron chi connectivity index (χ1n) is 8.70. The molecular weight excluding hydrogens is 412 g/mol. The highest BCUT2D eigenvalue weighted by molar-refractivity contribution is 7.89. The van der Waals surface area contributed by atoms with Crippen LogP contribution in [-0.4, -0.2) is 26.3 Å². The van der Waals surface area contributed by atoms with E-state index in [9.17, 15) is 13.2 Å². The molecule has 0 aliphatic rings. The summed E-state index contributed by atoms with van der Waals surface area (Å²) in [4.78, 5) is 17.4. The molecule has 2 aromatic heterocycles. The summed E-state index contributed by atoms with van der Waals surface area (Å²) in [6, 6.07) is 11.2. The molecule has 5 nitrogen and oxygen atoms in total. The van der Waals surface area contributed by atoms with Crippen LogP contribution in [0.4, 0.5) is 0 Å². The molecule has 2 heterocycles. The molecule has 0 saturated carbocycles. The quantitative estimate of drug-likeness (QED) is 0.607. The number of hydrogen-bond acceptors (Lipinski definition) is 5. The van der Waals surface area contributed by atoms with Gasteiger partial charge >= 0.3 is 0 Å². The monoisotopic (exact) mass is 434 g/mol. The Morgan fingerprint density at radius 3 is 2.07 bits per heavy atom. The SMILES string of the molecule is CNS(=O)(=O)c1cc(C(=O)N(Cc2cccs2)Cc2cccs2)cc(C)c1C. The summed E-state index contributed by atoms with van der Waals surface area (Å²) in [6.07, 6.45) is 0. The lowest BCUT2D eigenvalue weighted by Gasteiger charge is -2.23. The highest BCUT2D eigenvalue weighted by Crippen LogP contribution is 2.24. The summed E-state index contributed by atoms with van der Waals surface area (Å²) < 4.78 is 27.1. The van der Waals surface area contributed by atoms with E-state index in [1.807, 2.05) is 41.9 Å². The Labute approximate surface area is 173 Å². The van der Waals surface area contributed by atoms with Gasteiger partial charge in [-0.1, -0.05) is 12.1 Å². The second-order valence-electron chi connectivity index (χ2n) is 6.44. The number of benzene rings is 1. The van der Waals surface area contributed by atoms with E-state index in [0.29, 0.717) is 24.2 Å². The van der Waals surface area contributed by atoms with Crippen LogP contribution in [0.2, 0.25) is 0 Å². The summed E-state index contributed by atoms with van der Waals surface area (Å²) in [7, 11) is -2.28. The summed E-state index contributed by atoms with van der Waals surface area (Å²) in [5.41, 5.74) is 1.80. The first kappa shape index (κ1) is 20.7. The standard InChI is InChI=1S/C20H22N2O3S3/c1-14-10-16(11-19(15(14)2)28(24,25)21-3)20(23)22(12-17-6-4-8-26-17)13-18-7-5-9-27-18/h4-11,21H,12-13H2,1-3H3. The molecule has 0 aliphatic carbocycles. The lowest BCUT2D eigenvalue weighted by Crippen LogP contribution is -2.30. The average molecular weight is 435 g/mol. The van der Waals surface area contributed by atoms with E-state index < -0.39 is 10.0 Å². The Balaban J connectivity index is 2.00. The first-order chi connectivity index (χ1) is 13.3. The molecule has 3 aromatic rings. The van der Waals surface area contributed by atoms with Crippen LogP contribution in [0.1, 0.15) is 31.2 Å². The van der Waals surface area contributed by atoms with Gasteiger partial charge in [0.25, 0.3) is 5.91 Å². The van der Waals surface area contributed by atoms with Crippen LogP contribution in [-0.2, 0) is 23.1 Å². The fourth-order valence-electron chi connectivity index (χ4n) is 2.90. The highest BCUT2D eigenvalue weighted by atomic mass is 32.2. The zero-order valence-corrected chi connectivity index (χ0v) is 18.4. The van der Waals surface area contributed by atoms with E-state index >= 15 is 0 Å². The molecule has 0 bridgehead atoms. The van der Waals surface area contributed by atoms with E-state index in [2.05, 4.69) is 4.72 Å². The number of carbonyl (C=O) groups excluding carboxylic acids is 1. The number of thiophene rings is 2. The van der Waals surface area contributed by atoms with Crippen molar-refractivity contribution in [2.45, 2.75) is 31.8 Å². The van der Waals surface area contributed by atoms with E-state index in [1.54, 1.807) is 40.6 Å². The van der Waals surface area contributed by atoms with Crippen molar-refractivity contribution in [1.29, 1.82) is 0 Å². The maximum Gasteiger partial charge on any atom is 0.254 e. The topological polar surface area (TPSA) is 66.5 Å². The van der Waals surface area contributed by atoms with E-state index in [1.165, 1.54) is 13.1 Å². The number of carbonyl (C=O) groups is 1. The van der Waals surface area contributed by atoms with Gasteiger partial charge in [0.05, 0.1) is 18.0 Å². The number of nitrogens with zero attached hydrogens (tertiary/aromatic N) is 1. The van der Waals surface area contributed by atoms with Gasteiger partial charge in [-0.15, -0.1) is 22.7 Å². The average Bonchev–Trinajstić information content (AvgIpc) is 3.36. The van der Waals surface area contributed by atoms with Crippen LogP contribution >= 0.6 is 22.7 Å². The van der Waals surface area contributed by atoms with Crippen LogP contribution in [0.3, 0.4) is 0 Å². The first-order valence-corrected chi connectivity index (χ1v) is 11.9. The fraction of sp³-hybridized carbons (Fsp3) is 0.250. The zero-order valence-electron chi connectivity index (χ0n) is 15.9. The van der Waals surface area contributed by atoms with Gasteiger partial charge in [-0.05, 0) is 67.0 Å². The van der Waals surface area contributed by atoms with Crippen LogP contribution in [0.15, 0.2) is 52.1 Å². The number of hydrogen-bond donors (Lipinski definition) is 1. The Morgan fingerprint density at radius 1 is 1.04 bits per heavy atom. The number of rotatable bonds is 7. The molecule has 3 rings (SSSR count). The molecule has 8 heteroatoms. The molecular formula is C20H22N2O3S3. The van der Waals surface area contributed by atoms with Crippen molar-refractivity contribution in [1.82, 2.24) is 9.62 Å². The van der Waals surface area contributed by atoms with Gasteiger partial charge in [-0.2, -0.15) is 0 Å². The molecule has 1 amide bonds. The third kappa shape index (κ3) is 4.52. The largest absolute Gasteiger partial charge is 0.328 e. The molecule has 148 valence electrons. The van der Waals surface area contributed by atoms with Crippen LogP contribution in [0, 0.1) is 13.8 Å². The molecule has 1 N–H and O–H groups in total. The lowest BCUT2D eigenvalue weighted by molar-refractivity contribution is 0.0733. The number of aryl methyl sites for hydroxylation is 1. The third-order valence-corrected chi connectivity index (χ3v) is 7.83. The summed E-state index contributed by atoms with van der Waals surface area (Å²) in [5, 5.41) is 3.97. The van der Waals surface area contributed by atoms with Gasteiger partial charge in [-0.25, -0.2) is 13.1 Å². The van der Waals surface area contributed by atoms with Gasteiger partial charge < -0.3 is 4.90 Å². The van der Waals surface area contributed by atoms with Crippen molar-refractivity contribution in [2.75, 3.05) is 7.05 Å². The predicted molar refractivity (Wildman–Crippen MR) is 114 cm³/mol. The summed E-state index contributed by atoms with van der Waals surface area (Å²) in [6.45, 7) is 4.54. The normalized spacial score (nSPS) is 11.5. The Kier molecular flexibility index (Phi) is 6.34. The molecule has 0 saturated heterocycles.